The number of pyridine rings is 1. The first-order valence-electron chi connectivity index (χ1n) is 5.27. The summed E-state index contributed by atoms with van der Waals surface area (Å²) in [6.07, 6.45) is 1.58. The zero-order chi connectivity index (χ0) is 13.1. The number of nitrogens with zero attached hydrogens (tertiary/aromatic N) is 3. The highest BCUT2D eigenvalue weighted by molar-refractivity contribution is 5.77. The Morgan fingerprint density at radius 1 is 1.50 bits per heavy atom. The smallest absolute Gasteiger partial charge is 0.325 e. The van der Waals surface area contributed by atoms with Gasteiger partial charge in [-0.15, -0.1) is 0 Å². The van der Waals surface area contributed by atoms with Gasteiger partial charge in [0.1, 0.15) is 12.2 Å². The van der Waals surface area contributed by atoms with E-state index in [1.54, 1.807) is 19.3 Å². The number of hydrogen-bond acceptors (Lipinski definition) is 6. The molecule has 0 radical (unpaired) electrons. The Morgan fingerprint density at radius 2 is 2.28 bits per heavy atom. The van der Waals surface area contributed by atoms with Crippen LogP contribution in [0.3, 0.4) is 0 Å². The highest BCUT2D eigenvalue weighted by Crippen LogP contribution is 2.10. The fourth-order valence-corrected chi connectivity index (χ4v) is 1.54. The van der Waals surface area contributed by atoms with E-state index in [9.17, 15) is 9.59 Å². The Balaban J connectivity index is 2.64. The van der Waals surface area contributed by atoms with Crippen LogP contribution in [0, 0.1) is 0 Å². The van der Waals surface area contributed by atoms with Crippen molar-refractivity contribution in [2.24, 2.45) is 0 Å². The standard InChI is InChI=1S/C11H12N4O3/c1-12-11-13-5-7-3-4-8(16)15(10(7)14-11)6-9(17)18-2/h3-5H,6H2,1-2H3,(H,12,13,14). The van der Waals surface area contributed by atoms with Crippen LogP contribution in [0.5, 0.6) is 0 Å². The molecule has 7 heteroatoms. The van der Waals surface area contributed by atoms with Crippen LogP contribution in [0.25, 0.3) is 11.0 Å². The second kappa shape index (κ2) is 4.82. The lowest BCUT2D eigenvalue weighted by Gasteiger charge is -2.08. The SMILES string of the molecule is CNc1ncc2ccc(=O)n(CC(=O)OC)c2n1. The molecule has 2 aromatic rings. The van der Waals surface area contributed by atoms with Crippen molar-refractivity contribution < 1.29 is 9.53 Å². The monoisotopic (exact) mass is 248 g/mol. The van der Waals surface area contributed by atoms with Crippen molar-refractivity contribution in [2.75, 3.05) is 19.5 Å². The number of ether oxygens (including phenoxy) is 1. The Labute approximate surface area is 102 Å². The highest BCUT2D eigenvalue weighted by atomic mass is 16.5. The number of anilines is 1. The Bertz CT molecular complexity index is 650. The fraction of sp³-hybridized carbons (Fsp3) is 0.273. The Morgan fingerprint density at radius 3 is 2.94 bits per heavy atom. The summed E-state index contributed by atoms with van der Waals surface area (Å²) in [5.41, 5.74) is 0.0842. The molecule has 18 heavy (non-hydrogen) atoms. The number of nitrogens with one attached hydrogen (secondary N) is 1. The average molecular weight is 248 g/mol. The molecular formula is C11H12N4O3. The maximum absolute atomic E-state index is 11.8. The summed E-state index contributed by atoms with van der Waals surface area (Å²) in [6, 6.07) is 2.98. The lowest BCUT2D eigenvalue weighted by molar-refractivity contribution is -0.141. The number of esters is 1. The average Bonchev–Trinajstić information content (AvgIpc) is 2.41. The summed E-state index contributed by atoms with van der Waals surface area (Å²) >= 11 is 0. The molecule has 0 aliphatic rings. The molecule has 1 N–H and O–H groups in total. The quantitative estimate of drug-likeness (QED) is 0.770. The molecule has 0 saturated heterocycles. The van der Waals surface area contributed by atoms with Crippen molar-refractivity contribution in [2.45, 2.75) is 6.54 Å². The second-order valence-electron chi connectivity index (χ2n) is 3.56. The summed E-state index contributed by atoms with van der Waals surface area (Å²) in [5, 5.41) is 3.46. The largest absolute Gasteiger partial charge is 0.468 e. The molecule has 0 saturated carbocycles. The van der Waals surface area contributed by atoms with Crippen LogP contribution >= 0.6 is 0 Å². The van der Waals surface area contributed by atoms with Crippen LogP contribution < -0.4 is 10.9 Å². The molecule has 0 spiro atoms. The second-order valence-corrected chi connectivity index (χ2v) is 3.56. The molecule has 0 aliphatic heterocycles. The lowest BCUT2D eigenvalue weighted by Crippen LogP contribution is -2.25. The van der Waals surface area contributed by atoms with Gasteiger partial charge in [-0.3, -0.25) is 14.2 Å². The maximum atomic E-state index is 11.8. The molecule has 2 heterocycles. The summed E-state index contributed by atoms with van der Waals surface area (Å²) in [7, 11) is 2.94. The number of rotatable bonds is 3. The van der Waals surface area contributed by atoms with Gasteiger partial charge in [0.15, 0.2) is 0 Å². The zero-order valence-electron chi connectivity index (χ0n) is 10.0. The molecule has 0 bridgehead atoms. The van der Waals surface area contributed by atoms with E-state index in [0.29, 0.717) is 17.0 Å². The van der Waals surface area contributed by atoms with E-state index in [1.807, 2.05) is 0 Å². The van der Waals surface area contributed by atoms with E-state index in [-0.39, 0.29) is 12.1 Å². The maximum Gasteiger partial charge on any atom is 0.325 e. The van der Waals surface area contributed by atoms with Crippen LogP contribution in [0.15, 0.2) is 23.1 Å². The summed E-state index contributed by atoms with van der Waals surface area (Å²) in [4.78, 5) is 31.3. The summed E-state index contributed by atoms with van der Waals surface area (Å²) in [6.45, 7) is -0.174. The van der Waals surface area contributed by atoms with Gasteiger partial charge in [0.2, 0.25) is 5.95 Å². The van der Waals surface area contributed by atoms with Gasteiger partial charge in [0, 0.05) is 24.7 Å². The molecule has 94 valence electrons. The molecule has 0 aromatic carbocycles. The van der Waals surface area contributed by atoms with Crippen molar-refractivity contribution in [3.05, 3.63) is 28.7 Å². The minimum Gasteiger partial charge on any atom is -0.468 e. The Kier molecular flexibility index (Phi) is 3.22. The first kappa shape index (κ1) is 12.0. The van der Waals surface area contributed by atoms with Gasteiger partial charge in [0.25, 0.3) is 5.56 Å². The first-order chi connectivity index (χ1) is 8.65. The minimum atomic E-state index is -0.505. The third-order valence-electron chi connectivity index (χ3n) is 2.46. The van der Waals surface area contributed by atoms with E-state index in [1.165, 1.54) is 17.7 Å². The topological polar surface area (TPSA) is 86.1 Å². The molecule has 0 unspecified atom stereocenters. The van der Waals surface area contributed by atoms with Gasteiger partial charge in [0.05, 0.1) is 7.11 Å². The lowest BCUT2D eigenvalue weighted by atomic mass is 10.3. The number of fused-ring (bicyclic) bond motifs is 1. The fourth-order valence-electron chi connectivity index (χ4n) is 1.54. The predicted molar refractivity (Wildman–Crippen MR) is 65.4 cm³/mol. The van der Waals surface area contributed by atoms with Crippen molar-refractivity contribution in [3.8, 4) is 0 Å². The van der Waals surface area contributed by atoms with Crippen LogP contribution in [0.2, 0.25) is 0 Å². The molecular weight excluding hydrogens is 236 g/mol. The molecule has 0 aliphatic carbocycles. The number of carbonyl (C=O) groups excluding carboxylic acids is 1. The van der Waals surface area contributed by atoms with Crippen molar-refractivity contribution >= 4 is 23.0 Å². The molecule has 0 fully saturated rings. The highest BCUT2D eigenvalue weighted by Gasteiger charge is 2.10. The molecule has 2 rings (SSSR count). The summed E-state index contributed by atoms with van der Waals surface area (Å²) in [5.74, 6) is -0.124. The van der Waals surface area contributed by atoms with Gasteiger partial charge >= 0.3 is 5.97 Å². The van der Waals surface area contributed by atoms with E-state index in [4.69, 9.17) is 0 Å². The van der Waals surface area contributed by atoms with Crippen LogP contribution in [0.4, 0.5) is 5.95 Å². The van der Waals surface area contributed by atoms with Crippen LogP contribution in [-0.2, 0) is 16.1 Å². The normalized spacial score (nSPS) is 10.3. The molecule has 7 nitrogen and oxygen atoms in total. The van der Waals surface area contributed by atoms with Gasteiger partial charge in [-0.25, -0.2) is 4.98 Å². The molecule has 0 amide bonds. The van der Waals surface area contributed by atoms with E-state index >= 15 is 0 Å². The van der Waals surface area contributed by atoms with E-state index in [0.717, 1.165) is 0 Å². The number of methoxy groups -OCH3 is 1. The van der Waals surface area contributed by atoms with Crippen LogP contribution in [-0.4, -0.2) is 34.7 Å². The number of hydrogen-bond donors (Lipinski definition) is 1. The first-order valence-corrected chi connectivity index (χ1v) is 5.27. The van der Waals surface area contributed by atoms with Crippen molar-refractivity contribution in [3.63, 3.8) is 0 Å². The third-order valence-corrected chi connectivity index (χ3v) is 2.46. The number of aromatic nitrogens is 3. The van der Waals surface area contributed by atoms with Gasteiger partial charge < -0.3 is 10.1 Å². The van der Waals surface area contributed by atoms with Gasteiger partial charge in [-0.2, -0.15) is 4.98 Å². The molecule has 0 atom stereocenters. The summed E-state index contributed by atoms with van der Waals surface area (Å²) < 4.78 is 5.81. The van der Waals surface area contributed by atoms with Gasteiger partial charge in [-0.1, -0.05) is 0 Å². The zero-order valence-corrected chi connectivity index (χ0v) is 10.0. The molecule has 2 aromatic heterocycles. The van der Waals surface area contributed by atoms with Crippen molar-refractivity contribution in [1.29, 1.82) is 0 Å². The Hall–Kier alpha value is -2.44. The van der Waals surface area contributed by atoms with E-state index < -0.39 is 5.97 Å². The van der Waals surface area contributed by atoms with Gasteiger partial charge in [-0.05, 0) is 6.07 Å². The minimum absolute atomic E-state index is 0.174. The third kappa shape index (κ3) is 2.15. The van der Waals surface area contributed by atoms with Crippen molar-refractivity contribution in [1.82, 2.24) is 14.5 Å². The van der Waals surface area contributed by atoms with E-state index in [2.05, 4.69) is 20.0 Å². The predicted octanol–water partition coefficient (Wildman–Crippen LogP) is 0.00620. The number of carbonyl (C=O) groups is 1. The van der Waals surface area contributed by atoms with Crippen LogP contribution in [0.1, 0.15) is 0 Å².